The average Bonchev–Trinajstić information content (AvgIpc) is 2.92. The SMILES string of the molecule is C.CC(=O)OC(C)c1ccc2[n+](c1)CCc1c-2[nH]c2ccccc12. The summed E-state index contributed by atoms with van der Waals surface area (Å²) in [5.41, 5.74) is 5.97. The molecule has 2 aromatic heterocycles. The van der Waals surface area contributed by atoms with Crippen LogP contribution >= 0.6 is 0 Å². The number of hydrogen-bond acceptors (Lipinski definition) is 2. The van der Waals surface area contributed by atoms with Crippen molar-refractivity contribution in [3.05, 3.63) is 53.7 Å². The van der Waals surface area contributed by atoms with Gasteiger partial charge in [0, 0.05) is 30.3 Å². The van der Waals surface area contributed by atoms with Gasteiger partial charge in [-0.25, -0.2) is 0 Å². The Bertz CT molecular complexity index is 911. The lowest BCUT2D eigenvalue weighted by molar-refractivity contribution is -0.688. The van der Waals surface area contributed by atoms with Crippen molar-refractivity contribution in [2.24, 2.45) is 0 Å². The van der Waals surface area contributed by atoms with E-state index in [1.807, 2.05) is 13.0 Å². The Morgan fingerprint density at radius 3 is 2.83 bits per heavy atom. The van der Waals surface area contributed by atoms with E-state index in [1.54, 1.807) is 0 Å². The Kier molecular flexibility index (Phi) is 4.14. The number of benzene rings is 1. The summed E-state index contributed by atoms with van der Waals surface area (Å²) in [6.07, 6.45) is 2.87. The van der Waals surface area contributed by atoms with Crippen LogP contribution in [0, 0.1) is 0 Å². The lowest BCUT2D eigenvalue weighted by Crippen LogP contribution is -2.40. The summed E-state index contributed by atoms with van der Waals surface area (Å²) in [6, 6.07) is 12.6. The van der Waals surface area contributed by atoms with E-state index in [-0.39, 0.29) is 19.5 Å². The van der Waals surface area contributed by atoms with Crippen LogP contribution in [-0.4, -0.2) is 11.0 Å². The van der Waals surface area contributed by atoms with Crippen LogP contribution in [0.25, 0.3) is 22.3 Å². The van der Waals surface area contributed by atoms with Crippen LogP contribution in [0.2, 0.25) is 0 Å². The number of aromatic nitrogens is 2. The average molecular weight is 323 g/mol. The Hall–Kier alpha value is -2.62. The lowest BCUT2D eigenvalue weighted by Gasteiger charge is -2.15. The van der Waals surface area contributed by atoms with Crippen LogP contribution in [0.15, 0.2) is 42.6 Å². The van der Waals surface area contributed by atoms with E-state index in [2.05, 4.69) is 46.1 Å². The number of H-pyrrole nitrogens is 1. The van der Waals surface area contributed by atoms with Crippen LogP contribution in [0.3, 0.4) is 0 Å². The molecule has 1 aliphatic rings. The number of fused-ring (bicyclic) bond motifs is 5. The van der Waals surface area contributed by atoms with Gasteiger partial charge in [0.1, 0.15) is 11.8 Å². The summed E-state index contributed by atoms with van der Waals surface area (Å²) in [4.78, 5) is 14.7. The maximum atomic E-state index is 11.1. The van der Waals surface area contributed by atoms with Gasteiger partial charge >= 0.3 is 5.97 Å². The van der Waals surface area contributed by atoms with Crippen molar-refractivity contribution in [3.63, 3.8) is 0 Å². The van der Waals surface area contributed by atoms with E-state index >= 15 is 0 Å². The van der Waals surface area contributed by atoms with Crippen LogP contribution in [0.1, 0.15) is 38.5 Å². The first-order valence-corrected chi connectivity index (χ1v) is 7.94. The molecule has 4 rings (SSSR count). The number of esters is 1. The molecule has 4 nitrogen and oxygen atoms in total. The molecule has 3 aromatic rings. The summed E-state index contributed by atoms with van der Waals surface area (Å²) >= 11 is 0. The fourth-order valence-electron chi connectivity index (χ4n) is 3.44. The van der Waals surface area contributed by atoms with Crippen molar-refractivity contribution < 1.29 is 14.1 Å². The number of aromatic amines is 1. The van der Waals surface area contributed by atoms with E-state index in [4.69, 9.17) is 4.74 Å². The Balaban J connectivity index is 0.00000169. The van der Waals surface area contributed by atoms with E-state index in [9.17, 15) is 4.79 Å². The number of carbonyl (C=O) groups excluding carboxylic acids is 1. The van der Waals surface area contributed by atoms with Gasteiger partial charge in [-0.1, -0.05) is 25.6 Å². The number of ether oxygens (including phenoxy) is 1. The second-order valence-electron chi connectivity index (χ2n) is 6.07. The number of carbonyl (C=O) groups is 1. The predicted molar refractivity (Wildman–Crippen MR) is 94.5 cm³/mol. The molecule has 0 fully saturated rings. The maximum absolute atomic E-state index is 11.1. The number of pyridine rings is 1. The quantitative estimate of drug-likeness (QED) is 0.573. The maximum Gasteiger partial charge on any atom is 0.303 e. The van der Waals surface area contributed by atoms with Crippen molar-refractivity contribution in [1.82, 2.24) is 4.98 Å². The summed E-state index contributed by atoms with van der Waals surface area (Å²) in [5, 5.41) is 1.31. The highest BCUT2D eigenvalue weighted by atomic mass is 16.5. The topological polar surface area (TPSA) is 46.0 Å². The minimum absolute atomic E-state index is 0. The smallest absolute Gasteiger partial charge is 0.303 e. The molecule has 1 N–H and O–H groups in total. The van der Waals surface area contributed by atoms with E-state index in [0.717, 1.165) is 18.5 Å². The van der Waals surface area contributed by atoms with Gasteiger partial charge < -0.3 is 9.72 Å². The molecule has 124 valence electrons. The van der Waals surface area contributed by atoms with Crippen molar-refractivity contribution in [2.75, 3.05) is 0 Å². The van der Waals surface area contributed by atoms with E-state index in [0.29, 0.717) is 0 Å². The van der Waals surface area contributed by atoms with Crippen molar-refractivity contribution >= 4 is 16.9 Å². The number of hydrogen-bond donors (Lipinski definition) is 1. The first-order chi connectivity index (χ1) is 11.1. The summed E-state index contributed by atoms with van der Waals surface area (Å²) < 4.78 is 7.53. The molecule has 3 heterocycles. The fraction of sp³-hybridized carbons (Fsp3) is 0.300. The van der Waals surface area contributed by atoms with Crippen LogP contribution in [0.4, 0.5) is 0 Å². The summed E-state index contributed by atoms with van der Waals surface area (Å²) in [7, 11) is 0. The predicted octanol–water partition coefficient (Wildman–Crippen LogP) is 3.94. The third-order valence-electron chi connectivity index (χ3n) is 4.53. The zero-order valence-corrected chi connectivity index (χ0v) is 13.3. The Morgan fingerprint density at radius 1 is 1.25 bits per heavy atom. The lowest BCUT2D eigenvalue weighted by atomic mass is 10.0. The summed E-state index contributed by atoms with van der Waals surface area (Å²) in [5.74, 6) is -0.252. The van der Waals surface area contributed by atoms with Crippen LogP contribution < -0.4 is 4.57 Å². The molecular weight excluding hydrogens is 300 g/mol. The molecule has 24 heavy (non-hydrogen) atoms. The van der Waals surface area contributed by atoms with Crippen LogP contribution in [0.5, 0.6) is 0 Å². The Morgan fingerprint density at radius 2 is 2.04 bits per heavy atom. The van der Waals surface area contributed by atoms with Crippen LogP contribution in [-0.2, 0) is 22.5 Å². The number of nitrogens with one attached hydrogen (secondary N) is 1. The minimum Gasteiger partial charge on any atom is -0.458 e. The molecule has 0 aliphatic carbocycles. The number of para-hydroxylation sites is 1. The van der Waals surface area contributed by atoms with Gasteiger partial charge in [0.25, 0.3) is 0 Å². The second kappa shape index (κ2) is 6.11. The first kappa shape index (κ1) is 16.2. The highest BCUT2D eigenvalue weighted by Crippen LogP contribution is 2.32. The highest BCUT2D eigenvalue weighted by Gasteiger charge is 2.27. The largest absolute Gasteiger partial charge is 0.458 e. The molecule has 4 heteroatoms. The second-order valence-corrected chi connectivity index (χ2v) is 6.07. The van der Waals surface area contributed by atoms with Gasteiger partial charge in [-0.15, -0.1) is 0 Å². The molecule has 1 aromatic carbocycles. The molecule has 0 radical (unpaired) electrons. The molecule has 1 atom stereocenters. The number of aryl methyl sites for hydroxylation is 2. The monoisotopic (exact) mass is 323 g/mol. The van der Waals surface area contributed by atoms with E-state index in [1.165, 1.54) is 34.8 Å². The van der Waals surface area contributed by atoms with Gasteiger partial charge in [-0.2, -0.15) is 4.57 Å². The van der Waals surface area contributed by atoms with Gasteiger partial charge in [0.2, 0.25) is 5.69 Å². The van der Waals surface area contributed by atoms with Gasteiger partial charge in [0.05, 0.1) is 5.56 Å². The van der Waals surface area contributed by atoms with Gasteiger partial charge in [-0.05, 0) is 24.6 Å². The molecule has 0 saturated heterocycles. The molecule has 1 unspecified atom stereocenters. The molecular formula is C20H23N2O2+. The zero-order valence-electron chi connectivity index (χ0n) is 13.3. The fourth-order valence-corrected chi connectivity index (χ4v) is 3.44. The standard InChI is InChI=1S/C19H18N2O2.CH4/c1-12(23-13(2)22)14-7-8-18-19-16(9-10-21(18)11-14)15-5-3-4-6-17(15)20-19;/h3-8,11-12H,9-10H2,1-2H3;1H4/p+1. The normalized spacial score (nSPS) is 13.6. The van der Waals surface area contributed by atoms with Crippen molar-refractivity contribution in [1.29, 1.82) is 0 Å². The molecule has 0 bridgehead atoms. The molecule has 0 spiro atoms. The third kappa shape index (κ3) is 2.58. The minimum atomic E-state index is -0.252. The highest BCUT2D eigenvalue weighted by molar-refractivity contribution is 5.90. The number of nitrogens with zero attached hydrogens (tertiary/aromatic N) is 1. The molecule has 1 aliphatic heterocycles. The van der Waals surface area contributed by atoms with Gasteiger partial charge in [-0.3, -0.25) is 4.79 Å². The van der Waals surface area contributed by atoms with Gasteiger partial charge in [0.15, 0.2) is 12.7 Å². The third-order valence-corrected chi connectivity index (χ3v) is 4.53. The van der Waals surface area contributed by atoms with Crippen molar-refractivity contribution in [3.8, 4) is 11.4 Å². The first-order valence-electron chi connectivity index (χ1n) is 7.94. The van der Waals surface area contributed by atoms with Crippen molar-refractivity contribution in [2.45, 2.75) is 40.3 Å². The molecule has 0 saturated carbocycles. The Labute approximate surface area is 142 Å². The molecule has 0 amide bonds. The summed E-state index contributed by atoms with van der Waals surface area (Å²) in [6.45, 7) is 4.28. The van der Waals surface area contributed by atoms with E-state index < -0.39 is 0 Å². The number of rotatable bonds is 2. The zero-order chi connectivity index (χ0) is 16.0.